The number of esters is 2. The molecule has 0 aliphatic carbocycles. The molecule has 14 aliphatic heterocycles. The maximum Gasteiger partial charge on any atom is 0.308 e. The van der Waals surface area contributed by atoms with E-state index in [0.29, 0.717) is 118 Å². The first kappa shape index (κ1) is 72.6. The minimum Gasteiger partial charge on any atom is -0.504 e. The predicted octanol–water partition coefficient (Wildman–Crippen LogP) is 6.55. The molecule has 28 nitrogen and oxygen atoms in total. The van der Waals surface area contributed by atoms with Crippen molar-refractivity contribution in [2.24, 2.45) is 0 Å². The molecular formula is C79H87N9O19S2. The Hall–Kier alpha value is -9.29. The molecule has 4 fully saturated rings. The average molecular weight is 1530 g/mol. The lowest BCUT2D eigenvalue weighted by Crippen LogP contribution is -2.70. The van der Waals surface area contributed by atoms with E-state index in [-0.39, 0.29) is 96.6 Å². The number of aliphatic hydroxyl groups excluding tert-OH is 1. The summed E-state index contributed by atoms with van der Waals surface area (Å²) in [5.41, 5.74) is 9.54. The number of fused-ring (bicyclic) bond motifs is 18. The van der Waals surface area contributed by atoms with Crippen LogP contribution in [0.3, 0.4) is 0 Å². The number of phenolic OH excluding ortho intramolecular Hbond substituents is 4. The zero-order chi connectivity index (χ0) is 76.6. The molecule has 14 heterocycles. The second-order valence-electron chi connectivity index (χ2n) is 30.2. The highest BCUT2D eigenvalue weighted by Gasteiger charge is 2.64. The van der Waals surface area contributed by atoms with Gasteiger partial charge in [0.2, 0.25) is 25.4 Å². The fourth-order valence-electron chi connectivity index (χ4n) is 20.4. The Kier molecular flexibility index (Phi) is 17.8. The molecule has 0 radical (unpaired) electrons. The molecular weight excluding hydrogens is 1440 g/mol. The summed E-state index contributed by atoms with van der Waals surface area (Å²) < 4.78 is 59.4. The van der Waals surface area contributed by atoms with Crippen molar-refractivity contribution < 1.29 is 92.1 Å². The van der Waals surface area contributed by atoms with Gasteiger partial charge >= 0.3 is 11.9 Å². The van der Waals surface area contributed by atoms with Crippen LogP contribution in [-0.4, -0.2) is 199 Å². The molecule has 6 aromatic carbocycles. The van der Waals surface area contributed by atoms with E-state index in [1.165, 1.54) is 51.6 Å². The number of methoxy groups -OCH3 is 4. The summed E-state index contributed by atoms with van der Waals surface area (Å²) in [5.74, 6) is 2.92. The van der Waals surface area contributed by atoms with Crippen molar-refractivity contribution in [2.45, 2.75) is 149 Å². The van der Waals surface area contributed by atoms with Gasteiger partial charge in [0.15, 0.2) is 69.0 Å². The average Bonchev–Trinajstić information content (AvgIpc) is 1.54. The van der Waals surface area contributed by atoms with Crippen LogP contribution in [0.25, 0.3) is 0 Å². The second kappa shape index (κ2) is 26.7. The van der Waals surface area contributed by atoms with Gasteiger partial charge in [-0.05, 0) is 136 Å². The summed E-state index contributed by atoms with van der Waals surface area (Å²) in [7, 11) is 10.0. The van der Waals surface area contributed by atoms with E-state index in [1.807, 2.05) is 47.9 Å². The molecule has 14 atom stereocenters. The Morgan fingerprint density at radius 1 is 0.560 bits per heavy atom. The van der Waals surface area contributed by atoms with E-state index in [9.17, 15) is 50.0 Å². The Morgan fingerprint density at radius 3 is 1.41 bits per heavy atom. The Balaban J connectivity index is 0.000000159. The van der Waals surface area contributed by atoms with Gasteiger partial charge in [-0.2, -0.15) is 5.26 Å². The van der Waals surface area contributed by atoms with Gasteiger partial charge in [0, 0.05) is 114 Å². The van der Waals surface area contributed by atoms with Crippen molar-refractivity contribution in [3.05, 3.63) is 125 Å². The zero-order valence-electron chi connectivity index (χ0n) is 62.4. The summed E-state index contributed by atoms with van der Waals surface area (Å²) in [6, 6.07) is 9.05. The normalized spacial score (nSPS) is 29.2. The van der Waals surface area contributed by atoms with E-state index in [4.69, 9.17) is 47.4 Å². The van der Waals surface area contributed by atoms with E-state index in [0.717, 1.165) is 55.6 Å². The van der Waals surface area contributed by atoms with Crippen molar-refractivity contribution in [2.75, 3.05) is 93.8 Å². The molecule has 2 unspecified atom stereocenters. The number of hydrogen-bond donors (Lipinski definition) is 9. The van der Waals surface area contributed by atoms with Gasteiger partial charge in [-0.3, -0.25) is 49.4 Å². The van der Waals surface area contributed by atoms with Crippen LogP contribution in [0.4, 0.5) is 0 Å². The number of nitrogens with one attached hydrogen (secondary N) is 4. The van der Waals surface area contributed by atoms with E-state index in [1.54, 1.807) is 38.5 Å². The summed E-state index contributed by atoms with van der Waals surface area (Å²) in [6.45, 7) is 11.2. The van der Waals surface area contributed by atoms with E-state index >= 15 is 0 Å². The fourth-order valence-corrected chi connectivity index (χ4v) is 23.8. The minimum atomic E-state index is -1.25. The fraction of sp³-hybridized carbons (Fsp3) is 0.481. The number of phenols is 4. The Labute approximate surface area is 637 Å². The molecule has 4 saturated heterocycles. The van der Waals surface area contributed by atoms with E-state index < -0.39 is 82.0 Å². The largest absolute Gasteiger partial charge is 0.504 e. The van der Waals surface area contributed by atoms with Crippen LogP contribution in [0, 0.1) is 39.0 Å². The Bertz CT molecular complexity index is 4960. The maximum absolute atomic E-state index is 14.9. The van der Waals surface area contributed by atoms with Gasteiger partial charge in [-0.25, -0.2) is 0 Å². The molecule has 9 N–H and O–H groups in total. The van der Waals surface area contributed by atoms with Crippen LogP contribution < -0.4 is 68.6 Å². The third-order valence-corrected chi connectivity index (χ3v) is 27.9. The lowest BCUT2D eigenvalue weighted by molar-refractivity contribution is -0.173. The number of amides is 2. The van der Waals surface area contributed by atoms with Crippen LogP contribution in [0.2, 0.25) is 0 Å². The molecule has 0 saturated carbocycles. The van der Waals surface area contributed by atoms with Crippen LogP contribution in [-0.2, 0) is 55.9 Å². The first-order chi connectivity index (χ1) is 52.4. The number of carbonyl (C=O) groups is 4. The summed E-state index contributed by atoms with van der Waals surface area (Å²) in [6.07, 6.45) is 1.16. The number of likely N-dealkylation sites (N-methyl/N-ethyl adjacent to an activating group) is 2. The number of thioether (sulfide) groups is 2. The topological polar surface area (TPSA) is 347 Å². The van der Waals surface area contributed by atoms with Crippen molar-refractivity contribution >= 4 is 47.3 Å². The zero-order valence-corrected chi connectivity index (χ0v) is 64.0. The third kappa shape index (κ3) is 10.5. The molecule has 109 heavy (non-hydrogen) atoms. The summed E-state index contributed by atoms with van der Waals surface area (Å²) in [5, 5.41) is 81.9. The van der Waals surface area contributed by atoms with Gasteiger partial charge < -0.3 is 83.5 Å². The number of carbonyl (C=O) groups excluding carboxylic acids is 4. The highest BCUT2D eigenvalue weighted by atomic mass is 32.2. The van der Waals surface area contributed by atoms with Crippen LogP contribution in [0.1, 0.15) is 138 Å². The van der Waals surface area contributed by atoms with Gasteiger partial charge in [-0.15, -0.1) is 23.5 Å². The number of benzene rings is 6. The molecule has 30 heteroatoms. The first-order valence-electron chi connectivity index (χ1n) is 36.6. The SMILES string of the molecule is COc1cc2c(cc1O)CCN[C@]21CS[C@@H]2c3c(OC(C)=O)c(C)c4c(c3[C@H](CNC1=O)N1C2[C@H]2c3c(cc(C)c(OC)c3O)C[C@@H]([C@@H]1C#N)N2C)OCO4.COc1cc2c(cc1O)CCN[C@]21CS[C@@H]2c3c(OC(C)=O)c(C)c4c(c3[C@H](CNC1=O)N1C2[C@H]2c3c(cc(C)c(OC)c3O)C[C@@H]([C@@H]1O)N2C)OCO4. The number of rotatable bonds is 6. The number of nitrogens with zero attached hydrogens (tertiary/aromatic N) is 5. The maximum atomic E-state index is 14.9. The van der Waals surface area contributed by atoms with Crippen molar-refractivity contribution in [1.29, 1.82) is 5.26 Å². The third-order valence-electron chi connectivity index (χ3n) is 24.9. The van der Waals surface area contributed by atoms with Gasteiger partial charge in [0.25, 0.3) is 0 Å². The molecule has 20 rings (SSSR count). The quantitative estimate of drug-likeness (QED) is 0.0630. The number of hydrogen-bond acceptors (Lipinski definition) is 28. The molecule has 0 aromatic heterocycles. The molecule has 2 spiro atoms. The van der Waals surface area contributed by atoms with E-state index in [2.05, 4.69) is 53.0 Å². The second-order valence-corrected chi connectivity index (χ2v) is 32.5. The number of aryl methyl sites for hydroxylation is 2. The summed E-state index contributed by atoms with van der Waals surface area (Å²) >= 11 is 3.03. The molecule has 14 aliphatic rings. The molecule has 8 bridgehead atoms. The van der Waals surface area contributed by atoms with Crippen LogP contribution in [0.5, 0.6) is 80.5 Å². The highest BCUT2D eigenvalue weighted by molar-refractivity contribution is 7.99. The molecule has 574 valence electrons. The Morgan fingerprint density at radius 2 is 0.982 bits per heavy atom. The summed E-state index contributed by atoms with van der Waals surface area (Å²) in [4.78, 5) is 64.1. The van der Waals surface area contributed by atoms with Crippen LogP contribution in [0.15, 0.2) is 36.4 Å². The lowest BCUT2D eigenvalue weighted by atomic mass is 9.71. The number of piperazine rings is 2. The minimum absolute atomic E-state index is 0.00218. The standard InChI is InChI=1S/C40H43N5O9S.C39H44N4O10S/c1-17-9-21-10-23-24(13-41)45-25-14-42-39(49)40(22-12-27(50-5)26(47)11-20(22)7-8-43-40)15-55-38(32(45)31(44(23)4)28(21)33(48)34(17)51-6)30-29(25)37-36(52-16-53-37)18(2)35(30)54-19(3)46;1-16-9-20-10-22-37(47)43-23-13-40-38(48)39(21-12-25(49-5)24(45)11-19(21)7-8-41-39)14-54-36(30(43)29(42(22)4)26(20)31(46)32(16)50-6)28-27(23)35-34(51-15-52-35)17(2)33(28)53-18(3)44/h9,11-12,23-25,31-32,38,43,47-48H,7-8,10,14-16H2,1-6H3,(H,42,49);9,11-12,22-23,29-30,36-37,41,45-47H,7-8,10,13-15H2,1-6H3,(H,40,48)/t23-,24-,25-,31+,32?,38+,40+;22-,23-,29+,30?,36+,37-,39+/m00/s1. The molecule has 2 amide bonds. The smallest absolute Gasteiger partial charge is 0.308 e. The van der Waals surface area contributed by atoms with Gasteiger partial charge in [0.1, 0.15) is 34.8 Å². The number of ether oxygens (including phenoxy) is 10. The van der Waals surface area contributed by atoms with Crippen LogP contribution >= 0.6 is 23.5 Å². The highest BCUT2D eigenvalue weighted by Crippen LogP contribution is 2.68. The number of nitriles is 1. The number of aromatic hydroxyl groups is 4. The predicted molar refractivity (Wildman–Crippen MR) is 397 cm³/mol. The van der Waals surface area contributed by atoms with Crippen molar-refractivity contribution in [3.8, 4) is 86.6 Å². The monoisotopic (exact) mass is 1530 g/mol. The van der Waals surface area contributed by atoms with Gasteiger partial charge in [0.05, 0.1) is 75.2 Å². The lowest BCUT2D eigenvalue weighted by Gasteiger charge is -2.62. The molecule has 6 aromatic rings. The van der Waals surface area contributed by atoms with Crippen molar-refractivity contribution in [1.82, 2.24) is 40.9 Å². The first-order valence-corrected chi connectivity index (χ1v) is 38.7. The van der Waals surface area contributed by atoms with Crippen molar-refractivity contribution in [3.63, 3.8) is 0 Å². The number of aliphatic hydroxyl groups is 1. The van der Waals surface area contributed by atoms with Gasteiger partial charge in [-0.1, -0.05) is 12.1 Å².